The molecule has 0 amide bonds. The van der Waals surface area contributed by atoms with E-state index in [0.29, 0.717) is 5.88 Å². The van der Waals surface area contributed by atoms with Crippen molar-refractivity contribution in [2.24, 2.45) is 0 Å². The Kier molecular flexibility index (Phi) is 3.81. The molecule has 1 unspecified atom stereocenters. The quantitative estimate of drug-likeness (QED) is 0.837. The average molecular weight is 237 g/mol. The number of nitrogens with one attached hydrogen (secondary N) is 1. The molecule has 0 spiro atoms. The van der Waals surface area contributed by atoms with Gasteiger partial charge >= 0.3 is 0 Å². The molecule has 1 saturated heterocycles. The maximum atomic E-state index is 5.41. The van der Waals surface area contributed by atoms with Crippen molar-refractivity contribution in [3.63, 3.8) is 0 Å². The molecule has 1 atom stereocenters. The second kappa shape index (κ2) is 5.33. The Morgan fingerprint density at radius 2 is 2.24 bits per heavy atom. The first-order valence-electron chi connectivity index (χ1n) is 5.75. The van der Waals surface area contributed by atoms with Crippen LogP contribution < -0.4 is 14.8 Å². The maximum absolute atomic E-state index is 5.41. The standard InChI is InChI=1S/C12H19N3O2/c1-15-7-6-13-8-9(15)11-10(16-2)4-5-14-12(11)17-3/h4-5,9,13H,6-8H2,1-3H3. The molecule has 2 heterocycles. The Hall–Kier alpha value is -1.33. The summed E-state index contributed by atoms with van der Waals surface area (Å²) in [6.45, 7) is 2.90. The Bertz CT molecular complexity index is 362. The number of rotatable bonds is 3. The monoisotopic (exact) mass is 237 g/mol. The number of hydrogen-bond acceptors (Lipinski definition) is 5. The summed E-state index contributed by atoms with van der Waals surface area (Å²) >= 11 is 0. The fourth-order valence-electron chi connectivity index (χ4n) is 2.21. The van der Waals surface area contributed by atoms with Gasteiger partial charge in [0.05, 0.1) is 25.8 Å². The van der Waals surface area contributed by atoms with E-state index in [0.717, 1.165) is 30.9 Å². The van der Waals surface area contributed by atoms with E-state index in [2.05, 4.69) is 22.2 Å². The first-order chi connectivity index (χ1) is 8.27. The zero-order valence-electron chi connectivity index (χ0n) is 10.6. The predicted octanol–water partition coefficient (Wildman–Crippen LogP) is 0.675. The first kappa shape index (κ1) is 12.1. The Morgan fingerprint density at radius 3 is 2.88 bits per heavy atom. The smallest absolute Gasteiger partial charge is 0.221 e. The van der Waals surface area contributed by atoms with Crippen LogP contribution in [-0.2, 0) is 0 Å². The lowest BCUT2D eigenvalue weighted by atomic mass is 10.0. The third kappa shape index (κ3) is 2.35. The largest absolute Gasteiger partial charge is 0.496 e. The van der Waals surface area contributed by atoms with Crippen molar-refractivity contribution in [3.8, 4) is 11.6 Å². The highest BCUT2D eigenvalue weighted by Gasteiger charge is 2.27. The molecule has 2 rings (SSSR count). The van der Waals surface area contributed by atoms with Gasteiger partial charge in [-0.15, -0.1) is 0 Å². The number of likely N-dealkylation sites (N-methyl/N-ethyl adjacent to an activating group) is 1. The number of hydrogen-bond donors (Lipinski definition) is 1. The topological polar surface area (TPSA) is 46.6 Å². The molecule has 5 heteroatoms. The third-order valence-corrected chi connectivity index (χ3v) is 3.17. The normalized spacial score (nSPS) is 21.2. The Morgan fingerprint density at radius 1 is 1.41 bits per heavy atom. The predicted molar refractivity (Wildman–Crippen MR) is 65.6 cm³/mol. The lowest BCUT2D eigenvalue weighted by Gasteiger charge is -2.34. The lowest BCUT2D eigenvalue weighted by Crippen LogP contribution is -2.44. The molecule has 0 bridgehead atoms. The van der Waals surface area contributed by atoms with Crippen LogP contribution in [-0.4, -0.2) is 50.8 Å². The number of aromatic nitrogens is 1. The van der Waals surface area contributed by atoms with Gasteiger partial charge in [0.25, 0.3) is 0 Å². The van der Waals surface area contributed by atoms with E-state index in [1.165, 1.54) is 0 Å². The van der Waals surface area contributed by atoms with E-state index in [4.69, 9.17) is 9.47 Å². The Labute approximate surface area is 102 Å². The molecule has 1 aromatic heterocycles. The van der Waals surface area contributed by atoms with Gasteiger partial charge in [-0.2, -0.15) is 0 Å². The average Bonchev–Trinajstić information content (AvgIpc) is 2.38. The maximum Gasteiger partial charge on any atom is 0.221 e. The highest BCUT2D eigenvalue weighted by molar-refractivity contribution is 5.42. The van der Waals surface area contributed by atoms with E-state index < -0.39 is 0 Å². The van der Waals surface area contributed by atoms with Crippen LogP contribution in [0.1, 0.15) is 11.6 Å². The van der Waals surface area contributed by atoms with Gasteiger partial charge in [0.1, 0.15) is 5.75 Å². The second-order valence-electron chi connectivity index (χ2n) is 4.14. The van der Waals surface area contributed by atoms with Crippen LogP contribution in [0.5, 0.6) is 11.6 Å². The van der Waals surface area contributed by atoms with Crippen molar-refractivity contribution < 1.29 is 9.47 Å². The Balaban J connectivity index is 2.40. The van der Waals surface area contributed by atoms with Crippen LogP contribution in [0.3, 0.4) is 0 Å². The van der Waals surface area contributed by atoms with Crippen molar-refractivity contribution in [2.75, 3.05) is 40.9 Å². The minimum Gasteiger partial charge on any atom is -0.496 e. The van der Waals surface area contributed by atoms with E-state index >= 15 is 0 Å². The molecular weight excluding hydrogens is 218 g/mol. The molecular formula is C12H19N3O2. The number of pyridine rings is 1. The van der Waals surface area contributed by atoms with Crippen LogP contribution >= 0.6 is 0 Å². The van der Waals surface area contributed by atoms with E-state index in [1.54, 1.807) is 20.4 Å². The van der Waals surface area contributed by atoms with Gasteiger partial charge in [0.15, 0.2) is 0 Å². The highest BCUT2D eigenvalue weighted by atomic mass is 16.5. The highest BCUT2D eigenvalue weighted by Crippen LogP contribution is 2.35. The summed E-state index contributed by atoms with van der Waals surface area (Å²) < 4.78 is 10.8. The fourth-order valence-corrected chi connectivity index (χ4v) is 2.21. The van der Waals surface area contributed by atoms with Gasteiger partial charge < -0.3 is 14.8 Å². The molecule has 1 aromatic rings. The van der Waals surface area contributed by atoms with Gasteiger partial charge in [0.2, 0.25) is 5.88 Å². The number of ether oxygens (including phenoxy) is 2. The summed E-state index contributed by atoms with van der Waals surface area (Å²) in [7, 11) is 5.42. The second-order valence-corrected chi connectivity index (χ2v) is 4.14. The molecule has 1 aliphatic rings. The molecule has 0 aromatic carbocycles. The number of nitrogens with zero attached hydrogens (tertiary/aromatic N) is 2. The molecule has 0 aliphatic carbocycles. The summed E-state index contributed by atoms with van der Waals surface area (Å²) in [5, 5.41) is 3.39. The van der Waals surface area contributed by atoms with Crippen LogP contribution in [0.15, 0.2) is 12.3 Å². The van der Waals surface area contributed by atoms with E-state index in [9.17, 15) is 0 Å². The molecule has 1 aliphatic heterocycles. The zero-order chi connectivity index (χ0) is 12.3. The van der Waals surface area contributed by atoms with Gasteiger partial charge in [0, 0.05) is 25.8 Å². The molecule has 17 heavy (non-hydrogen) atoms. The SMILES string of the molecule is COc1ccnc(OC)c1C1CNCCN1C. The third-order valence-electron chi connectivity index (χ3n) is 3.17. The molecule has 94 valence electrons. The van der Waals surface area contributed by atoms with Gasteiger partial charge in [-0.25, -0.2) is 4.98 Å². The summed E-state index contributed by atoms with van der Waals surface area (Å²) in [5.74, 6) is 1.47. The summed E-state index contributed by atoms with van der Waals surface area (Å²) in [4.78, 5) is 6.55. The van der Waals surface area contributed by atoms with Crippen LogP contribution in [0.4, 0.5) is 0 Å². The number of piperazine rings is 1. The molecule has 0 radical (unpaired) electrons. The van der Waals surface area contributed by atoms with Crippen LogP contribution in [0.2, 0.25) is 0 Å². The first-order valence-corrected chi connectivity index (χ1v) is 5.75. The zero-order valence-corrected chi connectivity index (χ0v) is 10.6. The van der Waals surface area contributed by atoms with E-state index in [-0.39, 0.29) is 6.04 Å². The fraction of sp³-hybridized carbons (Fsp3) is 0.583. The van der Waals surface area contributed by atoms with Crippen molar-refractivity contribution >= 4 is 0 Å². The van der Waals surface area contributed by atoms with Crippen molar-refractivity contribution in [3.05, 3.63) is 17.8 Å². The molecule has 1 N–H and O–H groups in total. The summed E-state index contributed by atoms with van der Waals surface area (Å²) in [6, 6.07) is 2.11. The van der Waals surface area contributed by atoms with Crippen LogP contribution in [0, 0.1) is 0 Å². The van der Waals surface area contributed by atoms with Crippen molar-refractivity contribution in [1.29, 1.82) is 0 Å². The molecule has 5 nitrogen and oxygen atoms in total. The molecule has 1 fully saturated rings. The lowest BCUT2D eigenvalue weighted by molar-refractivity contribution is 0.192. The summed E-state index contributed by atoms with van der Waals surface area (Å²) in [5.41, 5.74) is 1.02. The van der Waals surface area contributed by atoms with Gasteiger partial charge in [-0.1, -0.05) is 0 Å². The van der Waals surface area contributed by atoms with Crippen molar-refractivity contribution in [1.82, 2.24) is 15.2 Å². The van der Waals surface area contributed by atoms with Gasteiger partial charge in [-0.05, 0) is 13.1 Å². The minimum atomic E-state index is 0.238. The molecule has 0 saturated carbocycles. The van der Waals surface area contributed by atoms with Crippen molar-refractivity contribution in [2.45, 2.75) is 6.04 Å². The van der Waals surface area contributed by atoms with E-state index in [1.807, 2.05) is 6.07 Å². The van der Waals surface area contributed by atoms with Crippen LogP contribution in [0.25, 0.3) is 0 Å². The number of methoxy groups -OCH3 is 2. The minimum absolute atomic E-state index is 0.238. The summed E-state index contributed by atoms with van der Waals surface area (Å²) in [6.07, 6.45) is 1.71. The van der Waals surface area contributed by atoms with Gasteiger partial charge in [-0.3, -0.25) is 4.90 Å².